The number of thiophene rings is 1. The summed E-state index contributed by atoms with van der Waals surface area (Å²) in [5, 5.41) is 10.6. The number of carboxylic acid groups (broad SMARTS) is 1. The average molecular weight is 302 g/mol. The Balaban J connectivity index is 2.05. The van der Waals surface area contributed by atoms with Crippen LogP contribution in [0.2, 0.25) is 0 Å². The first-order chi connectivity index (χ1) is 10.1. The summed E-state index contributed by atoms with van der Waals surface area (Å²) in [5.74, 6) is 0.352. The molecule has 0 radical (unpaired) electrons. The Morgan fingerprint density at radius 2 is 2.19 bits per heavy atom. The third-order valence-electron chi connectivity index (χ3n) is 3.08. The van der Waals surface area contributed by atoms with Gasteiger partial charge in [-0.25, -0.2) is 4.79 Å². The van der Waals surface area contributed by atoms with Crippen LogP contribution in [0, 0.1) is 0 Å². The number of ether oxygens (including phenoxy) is 1. The fourth-order valence-electron chi connectivity index (χ4n) is 1.89. The summed E-state index contributed by atoms with van der Waals surface area (Å²) < 4.78 is 5.82. The lowest BCUT2D eigenvalue weighted by Gasteiger charge is -2.09. The van der Waals surface area contributed by atoms with Gasteiger partial charge in [0, 0.05) is 11.0 Å². The zero-order valence-corrected chi connectivity index (χ0v) is 12.9. The minimum atomic E-state index is -0.947. The minimum absolute atomic E-state index is 0.443. The van der Waals surface area contributed by atoms with Crippen LogP contribution in [0.3, 0.4) is 0 Å². The maximum Gasteiger partial charge on any atom is 0.328 e. The molecule has 0 bridgehead atoms. The number of carboxylic acids is 1. The van der Waals surface area contributed by atoms with E-state index in [4.69, 9.17) is 9.84 Å². The van der Waals surface area contributed by atoms with Crippen LogP contribution in [0.5, 0.6) is 5.75 Å². The number of hydrogen-bond acceptors (Lipinski definition) is 3. The molecule has 0 spiro atoms. The van der Waals surface area contributed by atoms with Crippen LogP contribution in [0.4, 0.5) is 0 Å². The van der Waals surface area contributed by atoms with Crippen LogP contribution in [-0.4, -0.2) is 11.1 Å². The van der Waals surface area contributed by atoms with E-state index in [2.05, 4.69) is 19.9 Å². The highest BCUT2D eigenvalue weighted by molar-refractivity contribution is 7.10. The van der Waals surface area contributed by atoms with E-state index in [1.54, 1.807) is 17.4 Å². The van der Waals surface area contributed by atoms with Gasteiger partial charge in [0.1, 0.15) is 12.4 Å². The molecule has 3 nitrogen and oxygen atoms in total. The zero-order chi connectivity index (χ0) is 15.2. The van der Waals surface area contributed by atoms with Crippen molar-refractivity contribution in [2.24, 2.45) is 0 Å². The second-order valence-electron chi connectivity index (χ2n) is 4.99. The quantitative estimate of drug-likeness (QED) is 0.796. The van der Waals surface area contributed by atoms with Gasteiger partial charge >= 0.3 is 5.97 Å². The van der Waals surface area contributed by atoms with E-state index < -0.39 is 5.97 Å². The molecule has 110 valence electrons. The third-order valence-corrected chi connectivity index (χ3v) is 3.99. The molecule has 1 aromatic carbocycles. The van der Waals surface area contributed by atoms with Crippen LogP contribution in [0.1, 0.15) is 35.8 Å². The summed E-state index contributed by atoms with van der Waals surface area (Å²) >= 11 is 1.56. The summed E-state index contributed by atoms with van der Waals surface area (Å²) in [6.45, 7) is 4.73. The summed E-state index contributed by atoms with van der Waals surface area (Å²) in [4.78, 5) is 11.6. The molecule has 0 aliphatic carbocycles. The largest absolute Gasteiger partial charge is 0.488 e. The van der Waals surface area contributed by atoms with Gasteiger partial charge in [-0.3, -0.25) is 0 Å². The van der Waals surface area contributed by atoms with E-state index in [0.717, 1.165) is 22.3 Å². The number of carbonyl (C=O) groups is 1. The highest BCUT2D eigenvalue weighted by atomic mass is 32.1. The fraction of sp³-hybridized carbons (Fsp3) is 0.235. The first-order valence-electron chi connectivity index (χ1n) is 6.76. The van der Waals surface area contributed by atoms with Crippen LogP contribution in [-0.2, 0) is 11.4 Å². The molecule has 21 heavy (non-hydrogen) atoms. The SMILES string of the molecule is CC(C)c1cccc(OCc2sccc2C=CC(=O)O)c1. The maximum atomic E-state index is 10.6. The van der Waals surface area contributed by atoms with E-state index in [-0.39, 0.29) is 0 Å². The van der Waals surface area contributed by atoms with E-state index >= 15 is 0 Å². The van der Waals surface area contributed by atoms with Gasteiger partial charge in [-0.1, -0.05) is 26.0 Å². The summed E-state index contributed by atoms with van der Waals surface area (Å²) in [5.41, 5.74) is 2.13. The lowest BCUT2D eigenvalue weighted by atomic mass is 10.0. The molecule has 0 aliphatic rings. The highest BCUT2D eigenvalue weighted by Crippen LogP contribution is 2.23. The number of hydrogen-bond donors (Lipinski definition) is 1. The third kappa shape index (κ3) is 4.46. The van der Waals surface area contributed by atoms with Crippen molar-refractivity contribution in [2.45, 2.75) is 26.4 Å². The van der Waals surface area contributed by atoms with Gasteiger partial charge in [0.25, 0.3) is 0 Å². The van der Waals surface area contributed by atoms with Crippen LogP contribution < -0.4 is 4.74 Å². The van der Waals surface area contributed by atoms with E-state index in [0.29, 0.717) is 12.5 Å². The first kappa shape index (κ1) is 15.3. The Hall–Kier alpha value is -2.07. The molecule has 0 aliphatic heterocycles. The fourth-order valence-corrected chi connectivity index (χ4v) is 2.67. The zero-order valence-electron chi connectivity index (χ0n) is 12.1. The summed E-state index contributed by atoms with van der Waals surface area (Å²) in [6.07, 6.45) is 2.74. The van der Waals surface area contributed by atoms with Crippen LogP contribution in [0.25, 0.3) is 6.08 Å². The number of rotatable bonds is 6. The molecule has 0 unspecified atom stereocenters. The molecule has 0 fully saturated rings. The molecule has 0 atom stereocenters. The predicted molar refractivity (Wildman–Crippen MR) is 85.9 cm³/mol. The molecule has 0 saturated carbocycles. The normalized spacial score (nSPS) is 11.2. The van der Waals surface area contributed by atoms with Crippen molar-refractivity contribution in [1.29, 1.82) is 0 Å². The molecular formula is C17H18O3S. The van der Waals surface area contributed by atoms with E-state index in [1.807, 2.05) is 29.6 Å². The molecule has 4 heteroatoms. The van der Waals surface area contributed by atoms with Crippen molar-refractivity contribution in [2.75, 3.05) is 0 Å². The molecule has 2 rings (SSSR count). The van der Waals surface area contributed by atoms with Crippen molar-refractivity contribution in [3.05, 3.63) is 57.8 Å². The van der Waals surface area contributed by atoms with Gasteiger partial charge in [-0.2, -0.15) is 0 Å². The van der Waals surface area contributed by atoms with Crippen molar-refractivity contribution >= 4 is 23.4 Å². The van der Waals surface area contributed by atoms with E-state index in [9.17, 15) is 4.79 Å². The Morgan fingerprint density at radius 3 is 2.90 bits per heavy atom. The smallest absolute Gasteiger partial charge is 0.328 e. The molecule has 1 aromatic heterocycles. The van der Waals surface area contributed by atoms with Crippen LogP contribution >= 0.6 is 11.3 Å². The van der Waals surface area contributed by atoms with Crippen LogP contribution in [0.15, 0.2) is 41.8 Å². The highest BCUT2D eigenvalue weighted by Gasteiger charge is 2.05. The topological polar surface area (TPSA) is 46.5 Å². The Morgan fingerprint density at radius 1 is 1.38 bits per heavy atom. The Labute approximate surface area is 128 Å². The number of aliphatic carboxylic acids is 1. The van der Waals surface area contributed by atoms with Gasteiger partial charge in [0.05, 0.1) is 0 Å². The predicted octanol–water partition coefficient (Wildman–Crippen LogP) is 4.55. The summed E-state index contributed by atoms with van der Waals surface area (Å²) in [7, 11) is 0. The standard InChI is InChI=1S/C17H18O3S/c1-12(2)14-4-3-5-15(10-14)20-11-16-13(8-9-21-16)6-7-17(18)19/h3-10,12H,11H2,1-2H3,(H,18,19). The van der Waals surface area contributed by atoms with Crippen molar-refractivity contribution < 1.29 is 14.6 Å². The molecule has 1 heterocycles. The second-order valence-corrected chi connectivity index (χ2v) is 5.99. The lowest BCUT2D eigenvalue weighted by molar-refractivity contribution is -0.131. The molecule has 0 saturated heterocycles. The number of benzene rings is 1. The van der Waals surface area contributed by atoms with Gasteiger partial charge in [-0.05, 0) is 46.7 Å². The maximum absolute atomic E-state index is 10.6. The molecule has 0 amide bonds. The lowest BCUT2D eigenvalue weighted by Crippen LogP contribution is -1.96. The van der Waals surface area contributed by atoms with Gasteiger partial charge in [-0.15, -0.1) is 11.3 Å². The average Bonchev–Trinajstić information content (AvgIpc) is 2.90. The van der Waals surface area contributed by atoms with Crippen molar-refractivity contribution in [3.8, 4) is 5.75 Å². The monoisotopic (exact) mass is 302 g/mol. The van der Waals surface area contributed by atoms with E-state index in [1.165, 1.54) is 5.56 Å². The molecular weight excluding hydrogens is 284 g/mol. The molecule has 2 aromatic rings. The minimum Gasteiger partial charge on any atom is -0.488 e. The molecule has 1 N–H and O–H groups in total. The van der Waals surface area contributed by atoms with Crippen molar-refractivity contribution in [1.82, 2.24) is 0 Å². The first-order valence-corrected chi connectivity index (χ1v) is 7.64. The Bertz CT molecular complexity index is 641. The Kier molecular flexibility index (Phi) is 5.17. The van der Waals surface area contributed by atoms with Gasteiger partial charge in [0.15, 0.2) is 0 Å². The van der Waals surface area contributed by atoms with Gasteiger partial charge in [0.2, 0.25) is 0 Å². The summed E-state index contributed by atoms with van der Waals surface area (Å²) in [6, 6.07) is 9.96. The van der Waals surface area contributed by atoms with Crippen molar-refractivity contribution in [3.63, 3.8) is 0 Å². The van der Waals surface area contributed by atoms with Gasteiger partial charge < -0.3 is 9.84 Å². The second kappa shape index (κ2) is 7.09.